The maximum atomic E-state index is 14.1. The Bertz CT molecular complexity index is 446. The minimum atomic E-state index is -0.259. The Kier molecular flexibility index (Phi) is 3.40. The van der Waals surface area contributed by atoms with Crippen LogP contribution in [0.2, 0.25) is 0 Å². The van der Waals surface area contributed by atoms with Crippen LogP contribution in [0.3, 0.4) is 0 Å². The summed E-state index contributed by atoms with van der Waals surface area (Å²) in [6, 6.07) is 5.33. The Morgan fingerprint density at radius 1 is 1.28 bits per heavy atom. The number of hydrogen-bond acceptors (Lipinski definition) is 3. The molecule has 2 unspecified atom stereocenters. The molecule has 2 N–H and O–H groups in total. The van der Waals surface area contributed by atoms with Crippen LogP contribution in [0.4, 0.5) is 4.39 Å². The first-order valence-electron chi connectivity index (χ1n) is 6.32. The molecule has 1 aromatic rings. The molecule has 5 heteroatoms. The molecular formula is C13H17BrFN3. The third-order valence-electron chi connectivity index (χ3n) is 4.08. The molecule has 2 atom stereocenters. The number of benzene rings is 1. The third kappa shape index (κ3) is 2.09. The molecule has 3 nitrogen and oxygen atoms in total. The van der Waals surface area contributed by atoms with Crippen molar-refractivity contribution in [3.05, 3.63) is 34.1 Å². The Morgan fingerprint density at radius 2 is 2.00 bits per heavy atom. The van der Waals surface area contributed by atoms with Gasteiger partial charge < -0.3 is 5.73 Å². The monoisotopic (exact) mass is 313 g/mol. The number of rotatable bonds is 2. The summed E-state index contributed by atoms with van der Waals surface area (Å²) < 4.78 is 14.6. The predicted octanol–water partition coefficient (Wildman–Crippen LogP) is 1.59. The minimum absolute atomic E-state index is 0.220. The maximum Gasteiger partial charge on any atom is 0.142 e. The second-order valence-corrected chi connectivity index (χ2v) is 5.93. The van der Waals surface area contributed by atoms with Gasteiger partial charge in [0.2, 0.25) is 0 Å². The summed E-state index contributed by atoms with van der Waals surface area (Å²) in [5.41, 5.74) is 6.91. The normalized spacial score (nSPS) is 32.5. The Hall–Kier alpha value is -0.490. The molecule has 3 heterocycles. The molecule has 18 heavy (non-hydrogen) atoms. The van der Waals surface area contributed by atoms with Crippen LogP contribution in [0, 0.1) is 5.82 Å². The van der Waals surface area contributed by atoms with Crippen molar-refractivity contribution in [2.45, 2.75) is 12.1 Å². The summed E-state index contributed by atoms with van der Waals surface area (Å²) in [7, 11) is 0. The molecular weight excluding hydrogens is 297 g/mol. The van der Waals surface area contributed by atoms with Crippen molar-refractivity contribution in [1.82, 2.24) is 9.80 Å². The summed E-state index contributed by atoms with van der Waals surface area (Å²) in [5, 5.41) is 0. The van der Waals surface area contributed by atoms with E-state index >= 15 is 0 Å². The number of nitrogens with two attached hydrogens (primary N) is 1. The van der Waals surface area contributed by atoms with Gasteiger partial charge in [-0.3, -0.25) is 9.80 Å². The van der Waals surface area contributed by atoms with Crippen LogP contribution in [0.15, 0.2) is 22.7 Å². The standard InChI is InChI=1S/C13H17BrFN3/c14-10-3-1-2-9(12(10)15)13(16)11-8-17-4-6-18(11)7-5-17/h1-3,11,13H,4-8,16H2. The molecule has 3 aliphatic heterocycles. The number of hydrogen-bond donors (Lipinski definition) is 1. The van der Waals surface area contributed by atoms with E-state index in [1.807, 2.05) is 6.07 Å². The van der Waals surface area contributed by atoms with Crippen molar-refractivity contribution < 1.29 is 4.39 Å². The lowest BCUT2D eigenvalue weighted by Crippen LogP contribution is -2.63. The van der Waals surface area contributed by atoms with Gasteiger partial charge in [-0.05, 0) is 22.0 Å². The number of nitrogens with zero attached hydrogens (tertiary/aromatic N) is 2. The van der Waals surface area contributed by atoms with Gasteiger partial charge in [0.1, 0.15) is 5.82 Å². The predicted molar refractivity (Wildman–Crippen MR) is 72.8 cm³/mol. The fourth-order valence-corrected chi connectivity index (χ4v) is 3.36. The maximum absolute atomic E-state index is 14.1. The fraction of sp³-hybridized carbons (Fsp3) is 0.538. The van der Waals surface area contributed by atoms with Crippen molar-refractivity contribution in [2.24, 2.45) is 5.73 Å². The van der Waals surface area contributed by atoms with Gasteiger partial charge in [-0.2, -0.15) is 0 Å². The van der Waals surface area contributed by atoms with Gasteiger partial charge >= 0.3 is 0 Å². The molecule has 98 valence electrons. The van der Waals surface area contributed by atoms with Crippen LogP contribution in [0.5, 0.6) is 0 Å². The molecule has 0 saturated carbocycles. The molecule has 0 aliphatic carbocycles. The van der Waals surface area contributed by atoms with E-state index in [4.69, 9.17) is 5.73 Å². The van der Waals surface area contributed by atoms with Crippen LogP contribution in [-0.2, 0) is 0 Å². The van der Waals surface area contributed by atoms with E-state index in [-0.39, 0.29) is 17.9 Å². The SMILES string of the molecule is NC(c1cccc(Br)c1F)C1CN2CCN1CC2. The summed E-state index contributed by atoms with van der Waals surface area (Å²) >= 11 is 3.22. The fourth-order valence-electron chi connectivity index (χ4n) is 2.98. The largest absolute Gasteiger partial charge is 0.323 e. The van der Waals surface area contributed by atoms with Crippen LogP contribution >= 0.6 is 15.9 Å². The zero-order chi connectivity index (χ0) is 12.7. The number of piperazine rings is 3. The molecule has 3 fully saturated rings. The summed E-state index contributed by atoms with van der Waals surface area (Å²) in [4.78, 5) is 4.81. The zero-order valence-electron chi connectivity index (χ0n) is 10.1. The average molecular weight is 314 g/mol. The van der Waals surface area contributed by atoms with Gasteiger partial charge in [0.25, 0.3) is 0 Å². The van der Waals surface area contributed by atoms with Crippen molar-refractivity contribution in [1.29, 1.82) is 0 Å². The Labute approximate surface area is 115 Å². The molecule has 0 amide bonds. The summed E-state index contributed by atoms with van der Waals surface area (Å²) in [6.07, 6.45) is 0. The molecule has 3 aliphatic rings. The van der Waals surface area contributed by atoms with Crippen LogP contribution in [0.1, 0.15) is 11.6 Å². The van der Waals surface area contributed by atoms with E-state index in [2.05, 4.69) is 25.7 Å². The van der Waals surface area contributed by atoms with E-state index in [1.54, 1.807) is 12.1 Å². The lowest BCUT2D eigenvalue weighted by Gasteiger charge is -2.49. The molecule has 3 saturated heterocycles. The zero-order valence-corrected chi connectivity index (χ0v) is 11.7. The van der Waals surface area contributed by atoms with E-state index in [0.29, 0.717) is 10.0 Å². The van der Waals surface area contributed by atoms with Crippen molar-refractivity contribution in [3.63, 3.8) is 0 Å². The highest BCUT2D eigenvalue weighted by Crippen LogP contribution is 2.29. The quantitative estimate of drug-likeness (QED) is 0.900. The Balaban J connectivity index is 1.86. The average Bonchev–Trinajstić information content (AvgIpc) is 2.42. The first-order valence-corrected chi connectivity index (χ1v) is 7.12. The van der Waals surface area contributed by atoms with Gasteiger partial charge in [0.15, 0.2) is 0 Å². The topological polar surface area (TPSA) is 32.5 Å². The van der Waals surface area contributed by atoms with Crippen molar-refractivity contribution in [3.8, 4) is 0 Å². The van der Waals surface area contributed by atoms with Gasteiger partial charge in [-0.15, -0.1) is 0 Å². The molecule has 4 rings (SSSR count). The van der Waals surface area contributed by atoms with E-state index in [9.17, 15) is 4.39 Å². The highest BCUT2D eigenvalue weighted by atomic mass is 79.9. The molecule has 0 aromatic heterocycles. The molecule has 2 bridgehead atoms. The van der Waals surface area contributed by atoms with Gasteiger partial charge in [0.05, 0.1) is 4.47 Å². The van der Waals surface area contributed by atoms with Crippen molar-refractivity contribution >= 4 is 15.9 Å². The van der Waals surface area contributed by atoms with E-state index in [1.165, 1.54) is 0 Å². The second-order valence-electron chi connectivity index (χ2n) is 5.07. The highest BCUT2D eigenvalue weighted by Gasteiger charge is 2.36. The lowest BCUT2D eigenvalue weighted by atomic mass is 9.94. The Morgan fingerprint density at radius 3 is 2.61 bits per heavy atom. The summed E-state index contributed by atoms with van der Waals surface area (Å²) in [5.74, 6) is -0.220. The summed E-state index contributed by atoms with van der Waals surface area (Å²) in [6.45, 7) is 5.28. The van der Waals surface area contributed by atoms with E-state index < -0.39 is 0 Å². The highest BCUT2D eigenvalue weighted by molar-refractivity contribution is 9.10. The smallest absolute Gasteiger partial charge is 0.142 e. The van der Waals surface area contributed by atoms with Crippen LogP contribution in [0.25, 0.3) is 0 Å². The third-order valence-corrected chi connectivity index (χ3v) is 4.69. The van der Waals surface area contributed by atoms with E-state index in [0.717, 1.165) is 32.7 Å². The van der Waals surface area contributed by atoms with Crippen molar-refractivity contribution in [2.75, 3.05) is 32.7 Å². The number of fused-ring (bicyclic) bond motifs is 3. The minimum Gasteiger partial charge on any atom is -0.323 e. The van der Waals surface area contributed by atoms with Gasteiger partial charge in [0, 0.05) is 50.4 Å². The van der Waals surface area contributed by atoms with Crippen LogP contribution in [-0.4, -0.2) is 48.6 Å². The second kappa shape index (κ2) is 4.89. The lowest BCUT2D eigenvalue weighted by molar-refractivity contribution is 0.00170. The molecule has 0 spiro atoms. The number of halogens is 2. The van der Waals surface area contributed by atoms with Crippen LogP contribution < -0.4 is 5.73 Å². The first-order chi connectivity index (χ1) is 8.66. The molecule has 1 aromatic carbocycles. The van der Waals surface area contributed by atoms with Gasteiger partial charge in [-0.1, -0.05) is 12.1 Å². The first kappa shape index (κ1) is 12.5. The molecule has 0 radical (unpaired) electrons. The van der Waals surface area contributed by atoms with Gasteiger partial charge in [-0.25, -0.2) is 4.39 Å².